The summed E-state index contributed by atoms with van der Waals surface area (Å²) >= 11 is 11.9. The van der Waals surface area contributed by atoms with Crippen LogP contribution in [0.1, 0.15) is 34.5 Å². The standard InChI is InChI=1S/C23H19Cl2N5O/c1-13-4-3-5-18-20(13)29-23(25)30-21(18)27-14(2)15-6-9-17(10-7-15)28-22(31)16-8-11-19(24)26-12-16/h3-12,14H,1-2H3,(H,28,31)(H,27,29,30). The number of nitrogens with one attached hydrogen (secondary N) is 2. The molecule has 2 aromatic carbocycles. The maximum absolute atomic E-state index is 12.3. The van der Waals surface area contributed by atoms with Gasteiger partial charge in [-0.3, -0.25) is 4.79 Å². The first-order chi connectivity index (χ1) is 14.9. The SMILES string of the molecule is Cc1cccc2c(NC(C)c3ccc(NC(=O)c4ccc(Cl)nc4)cc3)nc(Cl)nc12. The van der Waals surface area contributed by atoms with Gasteiger partial charge in [0.2, 0.25) is 5.28 Å². The number of benzene rings is 2. The lowest BCUT2D eigenvalue weighted by atomic mass is 10.1. The van der Waals surface area contributed by atoms with Gasteiger partial charge < -0.3 is 10.6 Å². The Morgan fingerprint density at radius 3 is 2.48 bits per heavy atom. The highest BCUT2D eigenvalue weighted by molar-refractivity contribution is 6.29. The Balaban J connectivity index is 1.49. The van der Waals surface area contributed by atoms with E-state index in [0.717, 1.165) is 22.0 Å². The number of para-hydroxylation sites is 1. The third-order valence-corrected chi connectivity index (χ3v) is 5.30. The second-order valence-corrected chi connectivity index (χ2v) is 7.85. The lowest BCUT2D eigenvalue weighted by molar-refractivity contribution is 0.102. The van der Waals surface area contributed by atoms with E-state index in [-0.39, 0.29) is 17.2 Å². The molecule has 0 fully saturated rings. The molecule has 31 heavy (non-hydrogen) atoms. The zero-order valence-corrected chi connectivity index (χ0v) is 18.4. The monoisotopic (exact) mass is 451 g/mol. The van der Waals surface area contributed by atoms with Gasteiger partial charge >= 0.3 is 0 Å². The van der Waals surface area contributed by atoms with Gasteiger partial charge in [-0.05, 0) is 66.9 Å². The fourth-order valence-corrected chi connectivity index (χ4v) is 3.52. The molecular weight excluding hydrogens is 433 g/mol. The minimum atomic E-state index is -0.249. The van der Waals surface area contributed by atoms with Crippen LogP contribution in [0.4, 0.5) is 11.5 Å². The molecule has 4 rings (SSSR count). The van der Waals surface area contributed by atoms with Crippen LogP contribution in [0.5, 0.6) is 0 Å². The van der Waals surface area contributed by atoms with Crippen molar-refractivity contribution in [1.29, 1.82) is 0 Å². The van der Waals surface area contributed by atoms with Crippen molar-refractivity contribution in [2.75, 3.05) is 10.6 Å². The fourth-order valence-electron chi connectivity index (χ4n) is 3.24. The Bertz CT molecular complexity index is 1240. The first-order valence-corrected chi connectivity index (χ1v) is 10.4. The van der Waals surface area contributed by atoms with Crippen molar-refractivity contribution in [1.82, 2.24) is 15.0 Å². The third-order valence-electron chi connectivity index (χ3n) is 4.91. The number of carbonyl (C=O) groups is 1. The maximum Gasteiger partial charge on any atom is 0.257 e. The molecule has 0 spiro atoms. The number of pyridine rings is 1. The molecule has 4 aromatic rings. The fraction of sp³-hybridized carbons (Fsp3) is 0.130. The molecule has 2 aromatic heterocycles. The minimum Gasteiger partial charge on any atom is -0.363 e. The van der Waals surface area contributed by atoms with Crippen LogP contribution in [0.2, 0.25) is 10.4 Å². The van der Waals surface area contributed by atoms with E-state index in [4.69, 9.17) is 23.2 Å². The Hall–Kier alpha value is -3.22. The van der Waals surface area contributed by atoms with Crippen molar-refractivity contribution < 1.29 is 4.79 Å². The maximum atomic E-state index is 12.3. The van der Waals surface area contributed by atoms with Gasteiger partial charge in [-0.25, -0.2) is 15.0 Å². The number of aromatic nitrogens is 3. The van der Waals surface area contributed by atoms with Gasteiger partial charge in [0.1, 0.15) is 11.0 Å². The zero-order valence-electron chi connectivity index (χ0n) is 16.9. The van der Waals surface area contributed by atoms with Gasteiger partial charge in [0.15, 0.2) is 0 Å². The summed E-state index contributed by atoms with van der Waals surface area (Å²) in [6.45, 7) is 4.02. The number of hydrogen-bond donors (Lipinski definition) is 2. The van der Waals surface area contributed by atoms with Crippen LogP contribution < -0.4 is 10.6 Å². The topological polar surface area (TPSA) is 79.8 Å². The molecule has 0 radical (unpaired) electrons. The van der Waals surface area contributed by atoms with E-state index in [1.54, 1.807) is 12.1 Å². The number of rotatable bonds is 5. The van der Waals surface area contributed by atoms with Crippen LogP contribution in [0.25, 0.3) is 10.9 Å². The van der Waals surface area contributed by atoms with E-state index < -0.39 is 0 Å². The second-order valence-electron chi connectivity index (χ2n) is 7.12. The predicted octanol–water partition coefficient (Wildman–Crippen LogP) is 6.07. The quantitative estimate of drug-likeness (QED) is 0.284. The van der Waals surface area contributed by atoms with Crippen molar-refractivity contribution in [3.63, 3.8) is 0 Å². The number of carbonyl (C=O) groups excluding carboxylic acids is 1. The van der Waals surface area contributed by atoms with Gasteiger partial charge in [0.05, 0.1) is 11.1 Å². The minimum absolute atomic E-state index is 0.0418. The van der Waals surface area contributed by atoms with Crippen LogP contribution in [0, 0.1) is 6.92 Å². The van der Waals surface area contributed by atoms with E-state index in [1.807, 2.05) is 56.3 Å². The van der Waals surface area contributed by atoms with Crippen LogP contribution in [0.15, 0.2) is 60.8 Å². The highest BCUT2D eigenvalue weighted by atomic mass is 35.5. The summed E-state index contributed by atoms with van der Waals surface area (Å²) in [5.41, 5.74) is 4.01. The average Bonchev–Trinajstić information content (AvgIpc) is 2.75. The summed E-state index contributed by atoms with van der Waals surface area (Å²) in [5.74, 6) is 0.430. The summed E-state index contributed by atoms with van der Waals surface area (Å²) in [6, 6.07) is 16.7. The summed E-state index contributed by atoms with van der Waals surface area (Å²) in [6.07, 6.45) is 1.44. The molecule has 0 saturated heterocycles. The molecule has 1 amide bonds. The molecule has 0 bridgehead atoms. The molecule has 2 N–H and O–H groups in total. The number of hydrogen-bond acceptors (Lipinski definition) is 5. The first kappa shape index (κ1) is 21.0. The van der Waals surface area contributed by atoms with Crippen molar-refractivity contribution in [2.24, 2.45) is 0 Å². The van der Waals surface area contributed by atoms with Crippen molar-refractivity contribution in [3.8, 4) is 0 Å². The molecule has 6 nitrogen and oxygen atoms in total. The molecule has 156 valence electrons. The van der Waals surface area contributed by atoms with E-state index >= 15 is 0 Å². The van der Waals surface area contributed by atoms with Crippen LogP contribution in [-0.2, 0) is 0 Å². The van der Waals surface area contributed by atoms with Crippen molar-refractivity contribution in [2.45, 2.75) is 19.9 Å². The van der Waals surface area contributed by atoms with Gasteiger partial charge in [-0.15, -0.1) is 0 Å². The van der Waals surface area contributed by atoms with E-state index in [1.165, 1.54) is 6.20 Å². The van der Waals surface area contributed by atoms with E-state index in [2.05, 4.69) is 25.6 Å². The number of fused-ring (bicyclic) bond motifs is 1. The smallest absolute Gasteiger partial charge is 0.257 e. The summed E-state index contributed by atoms with van der Waals surface area (Å²) in [5, 5.41) is 7.72. The largest absolute Gasteiger partial charge is 0.363 e. The number of nitrogens with zero attached hydrogens (tertiary/aromatic N) is 3. The Morgan fingerprint density at radius 1 is 1.00 bits per heavy atom. The van der Waals surface area contributed by atoms with Crippen LogP contribution in [0.3, 0.4) is 0 Å². The number of amides is 1. The van der Waals surface area contributed by atoms with Crippen molar-refractivity contribution >= 4 is 51.5 Å². The Labute approximate surface area is 189 Å². The second kappa shape index (κ2) is 8.88. The van der Waals surface area contributed by atoms with Crippen LogP contribution in [-0.4, -0.2) is 20.9 Å². The molecule has 0 aliphatic carbocycles. The lowest BCUT2D eigenvalue weighted by Crippen LogP contribution is -2.12. The van der Waals surface area contributed by atoms with E-state index in [9.17, 15) is 4.79 Å². The molecule has 0 saturated carbocycles. The van der Waals surface area contributed by atoms with Crippen LogP contribution >= 0.6 is 23.2 Å². The lowest BCUT2D eigenvalue weighted by Gasteiger charge is -2.17. The summed E-state index contributed by atoms with van der Waals surface area (Å²) < 4.78 is 0. The third kappa shape index (κ3) is 4.76. The summed E-state index contributed by atoms with van der Waals surface area (Å²) in [7, 11) is 0. The van der Waals surface area contributed by atoms with Crippen molar-refractivity contribution in [3.05, 3.63) is 87.9 Å². The molecule has 0 aliphatic rings. The zero-order chi connectivity index (χ0) is 22.0. The molecule has 1 atom stereocenters. The molecule has 1 unspecified atom stereocenters. The summed E-state index contributed by atoms with van der Waals surface area (Å²) in [4.78, 5) is 25.0. The molecule has 8 heteroatoms. The first-order valence-electron chi connectivity index (χ1n) is 9.63. The highest BCUT2D eigenvalue weighted by Gasteiger charge is 2.13. The van der Waals surface area contributed by atoms with E-state index in [0.29, 0.717) is 22.2 Å². The van der Waals surface area contributed by atoms with Gasteiger partial charge in [0, 0.05) is 23.3 Å². The van der Waals surface area contributed by atoms with Gasteiger partial charge in [-0.2, -0.15) is 0 Å². The predicted molar refractivity (Wildman–Crippen MR) is 125 cm³/mol. The highest BCUT2D eigenvalue weighted by Crippen LogP contribution is 2.28. The molecular formula is C23H19Cl2N5O. The molecule has 2 heterocycles. The Morgan fingerprint density at radius 2 is 1.77 bits per heavy atom. The molecule has 0 aliphatic heterocycles. The number of aryl methyl sites for hydroxylation is 1. The number of anilines is 2. The van der Waals surface area contributed by atoms with Gasteiger partial charge in [0.25, 0.3) is 5.91 Å². The normalized spacial score (nSPS) is 11.9. The number of halogens is 2. The Kier molecular flexibility index (Phi) is 6.02. The van der Waals surface area contributed by atoms with Gasteiger partial charge in [-0.1, -0.05) is 35.9 Å². The average molecular weight is 452 g/mol.